The zero-order valence-corrected chi connectivity index (χ0v) is 11.7. The number of carbonyl (C=O) groups is 1. The summed E-state index contributed by atoms with van der Waals surface area (Å²) >= 11 is 5.69. The third-order valence-corrected chi connectivity index (χ3v) is 3.24. The van der Waals surface area contributed by atoms with Gasteiger partial charge in [0.1, 0.15) is 11.8 Å². The van der Waals surface area contributed by atoms with Gasteiger partial charge in [0, 0.05) is 0 Å². The summed E-state index contributed by atoms with van der Waals surface area (Å²) in [6, 6.07) is 15.8. The molecule has 0 saturated carbocycles. The van der Waals surface area contributed by atoms with Crippen LogP contribution in [-0.2, 0) is 0 Å². The largest absolute Gasteiger partial charge is 0.467 e. The Morgan fingerprint density at radius 1 is 1.05 bits per heavy atom. The third kappa shape index (κ3) is 3.01. The maximum atomic E-state index is 12.2. The van der Waals surface area contributed by atoms with E-state index in [0.29, 0.717) is 5.76 Å². The Kier molecular flexibility index (Phi) is 3.79. The molecule has 5 heteroatoms. The van der Waals surface area contributed by atoms with Crippen molar-refractivity contribution in [2.45, 2.75) is 6.04 Å². The summed E-state index contributed by atoms with van der Waals surface area (Å²) in [5.74, 6) is 0.451. The molecule has 0 saturated heterocycles. The van der Waals surface area contributed by atoms with Gasteiger partial charge in [-0.1, -0.05) is 30.3 Å². The van der Waals surface area contributed by atoms with Crippen LogP contribution >= 0.6 is 11.6 Å². The SMILES string of the molecule is O=C(NC(c1ccccc1)c1ccco1)c1ccc(Cl)o1. The Balaban J connectivity index is 1.88. The van der Waals surface area contributed by atoms with E-state index in [4.69, 9.17) is 20.4 Å². The van der Waals surface area contributed by atoms with Gasteiger partial charge in [-0.25, -0.2) is 0 Å². The molecule has 2 aromatic heterocycles. The Labute approximate surface area is 126 Å². The van der Waals surface area contributed by atoms with Crippen LogP contribution in [0.1, 0.15) is 27.9 Å². The van der Waals surface area contributed by atoms with E-state index in [1.54, 1.807) is 12.3 Å². The van der Waals surface area contributed by atoms with Crippen molar-refractivity contribution < 1.29 is 13.6 Å². The number of furan rings is 2. The monoisotopic (exact) mass is 301 g/mol. The molecule has 0 aliphatic rings. The van der Waals surface area contributed by atoms with Gasteiger partial charge in [-0.2, -0.15) is 0 Å². The molecule has 0 spiro atoms. The van der Waals surface area contributed by atoms with Gasteiger partial charge in [0.2, 0.25) is 0 Å². The molecule has 1 amide bonds. The lowest BCUT2D eigenvalue weighted by Crippen LogP contribution is -2.28. The first-order valence-corrected chi connectivity index (χ1v) is 6.76. The van der Waals surface area contributed by atoms with Crippen molar-refractivity contribution in [1.82, 2.24) is 5.32 Å². The highest BCUT2D eigenvalue weighted by molar-refractivity contribution is 6.29. The molecule has 0 aliphatic heterocycles. The summed E-state index contributed by atoms with van der Waals surface area (Å²) in [6.45, 7) is 0. The zero-order chi connectivity index (χ0) is 14.7. The predicted octanol–water partition coefficient (Wildman–Crippen LogP) is 4.05. The number of amides is 1. The summed E-state index contributed by atoms with van der Waals surface area (Å²) in [5, 5.41) is 3.06. The molecule has 0 aliphatic carbocycles. The highest BCUT2D eigenvalue weighted by atomic mass is 35.5. The first kappa shape index (κ1) is 13.5. The first-order chi connectivity index (χ1) is 10.2. The molecule has 4 nitrogen and oxygen atoms in total. The van der Waals surface area contributed by atoms with E-state index in [2.05, 4.69) is 5.32 Å². The molecular formula is C16H12ClNO3. The lowest BCUT2D eigenvalue weighted by molar-refractivity contribution is 0.0911. The fourth-order valence-corrected chi connectivity index (χ4v) is 2.20. The number of rotatable bonds is 4. The number of hydrogen-bond acceptors (Lipinski definition) is 3. The quantitative estimate of drug-likeness (QED) is 0.791. The second kappa shape index (κ2) is 5.89. The van der Waals surface area contributed by atoms with Gasteiger partial charge in [-0.15, -0.1) is 0 Å². The number of nitrogens with one attached hydrogen (secondary N) is 1. The summed E-state index contributed by atoms with van der Waals surface area (Å²) in [5.41, 5.74) is 0.915. The average molecular weight is 302 g/mol. The molecule has 0 fully saturated rings. The van der Waals surface area contributed by atoms with Crippen molar-refractivity contribution in [3.63, 3.8) is 0 Å². The van der Waals surface area contributed by atoms with Crippen LogP contribution in [0, 0.1) is 0 Å². The summed E-state index contributed by atoms with van der Waals surface area (Å²) in [7, 11) is 0. The molecular weight excluding hydrogens is 290 g/mol. The number of benzene rings is 1. The minimum Gasteiger partial charge on any atom is -0.467 e. The molecule has 2 heterocycles. The fraction of sp³-hybridized carbons (Fsp3) is 0.0625. The van der Waals surface area contributed by atoms with Crippen LogP contribution in [0.4, 0.5) is 0 Å². The second-order valence-electron chi connectivity index (χ2n) is 4.44. The van der Waals surface area contributed by atoms with Gasteiger partial charge in [-0.3, -0.25) is 4.79 Å². The van der Waals surface area contributed by atoms with Crippen LogP contribution in [0.5, 0.6) is 0 Å². The van der Waals surface area contributed by atoms with Gasteiger partial charge in [0.15, 0.2) is 11.0 Å². The van der Waals surface area contributed by atoms with Crippen LogP contribution < -0.4 is 5.32 Å². The maximum absolute atomic E-state index is 12.2. The van der Waals surface area contributed by atoms with Crippen molar-refractivity contribution in [2.24, 2.45) is 0 Å². The van der Waals surface area contributed by atoms with Gasteiger partial charge >= 0.3 is 0 Å². The minimum atomic E-state index is -0.391. The van der Waals surface area contributed by atoms with Crippen molar-refractivity contribution in [3.8, 4) is 0 Å². The molecule has 1 unspecified atom stereocenters. The Hall–Kier alpha value is -2.46. The van der Waals surface area contributed by atoms with Gasteiger partial charge in [0.25, 0.3) is 5.91 Å². The Bertz CT molecular complexity index is 719. The van der Waals surface area contributed by atoms with Crippen LogP contribution in [0.2, 0.25) is 5.22 Å². The summed E-state index contributed by atoms with van der Waals surface area (Å²) in [6.07, 6.45) is 1.57. The zero-order valence-electron chi connectivity index (χ0n) is 11.0. The molecule has 21 heavy (non-hydrogen) atoms. The van der Waals surface area contributed by atoms with Crippen molar-refractivity contribution in [1.29, 1.82) is 0 Å². The van der Waals surface area contributed by atoms with E-state index in [-0.39, 0.29) is 16.9 Å². The van der Waals surface area contributed by atoms with Crippen LogP contribution in [0.15, 0.2) is 69.7 Å². The smallest absolute Gasteiger partial charge is 0.287 e. The molecule has 0 radical (unpaired) electrons. The predicted molar refractivity (Wildman–Crippen MR) is 78.2 cm³/mol. The molecule has 0 bridgehead atoms. The normalized spacial score (nSPS) is 12.0. The average Bonchev–Trinajstić information content (AvgIpc) is 3.17. The van der Waals surface area contributed by atoms with Crippen LogP contribution in [-0.4, -0.2) is 5.91 Å². The lowest BCUT2D eigenvalue weighted by atomic mass is 10.0. The van der Waals surface area contributed by atoms with Gasteiger partial charge < -0.3 is 14.2 Å². The highest BCUT2D eigenvalue weighted by Gasteiger charge is 2.21. The van der Waals surface area contributed by atoms with Crippen molar-refractivity contribution in [2.75, 3.05) is 0 Å². The highest BCUT2D eigenvalue weighted by Crippen LogP contribution is 2.23. The maximum Gasteiger partial charge on any atom is 0.287 e. The number of carbonyl (C=O) groups excluding carboxylic acids is 1. The van der Waals surface area contributed by atoms with Crippen LogP contribution in [0.3, 0.4) is 0 Å². The van der Waals surface area contributed by atoms with E-state index in [1.165, 1.54) is 12.1 Å². The molecule has 1 atom stereocenters. The molecule has 1 N–H and O–H groups in total. The molecule has 3 rings (SSSR count). The number of hydrogen-bond donors (Lipinski definition) is 1. The standard InChI is InChI=1S/C16H12ClNO3/c17-14-9-8-13(21-14)16(19)18-15(12-7-4-10-20-12)11-5-2-1-3-6-11/h1-10,15H,(H,18,19). The number of halogens is 1. The minimum absolute atomic E-state index is 0.160. The third-order valence-electron chi connectivity index (χ3n) is 3.03. The Morgan fingerprint density at radius 2 is 1.86 bits per heavy atom. The summed E-state index contributed by atoms with van der Waals surface area (Å²) in [4.78, 5) is 12.2. The van der Waals surface area contributed by atoms with E-state index in [9.17, 15) is 4.79 Å². The van der Waals surface area contributed by atoms with Crippen molar-refractivity contribution >= 4 is 17.5 Å². The topological polar surface area (TPSA) is 55.4 Å². The fourth-order valence-electron chi connectivity index (χ4n) is 2.06. The van der Waals surface area contributed by atoms with Gasteiger partial charge in [-0.05, 0) is 41.4 Å². The van der Waals surface area contributed by atoms with E-state index in [1.807, 2.05) is 36.4 Å². The molecule has 1 aromatic carbocycles. The first-order valence-electron chi connectivity index (χ1n) is 6.38. The van der Waals surface area contributed by atoms with Crippen molar-refractivity contribution in [3.05, 3.63) is 83.2 Å². The van der Waals surface area contributed by atoms with Gasteiger partial charge in [0.05, 0.1) is 6.26 Å². The second-order valence-corrected chi connectivity index (χ2v) is 4.81. The van der Waals surface area contributed by atoms with Crippen LogP contribution in [0.25, 0.3) is 0 Å². The lowest BCUT2D eigenvalue weighted by Gasteiger charge is -2.16. The Morgan fingerprint density at radius 3 is 2.48 bits per heavy atom. The summed E-state index contributed by atoms with van der Waals surface area (Å²) < 4.78 is 10.5. The molecule has 106 valence electrons. The van der Waals surface area contributed by atoms with E-state index in [0.717, 1.165) is 5.56 Å². The molecule has 3 aromatic rings. The van der Waals surface area contributed by atoms with E-state index >= 15 is 0 Å². The van der Waals surface area contributed by atoms with E-state index < -0.39 is 6.04 Å².